The number of rotatable bonds is 3. The van der Waals surface area contributed by atoms with Gasteiger partial charge in [0.2, 0.25) is 0 Å². The van der Waals surface area contributed by atoms with E-state index in [1.165, 1.54) is 5.69 Å². The zero-order chi connectivity index (χ0) is 15.6. The Morgan fingerprint density at radius 3 is 2.70 bits per heavy atom. The molecule has 122 valence electrons. The summed E-state index contributed by atoms with van der Waals surface area (Å²) in [4.78, 5) is 2.54. The first-order valence-corrected chi connectivity index (χ1v) is 8.43. The molecule has 2 aliphatic heterocycles. The summed E-state index contributed by atoms with van der Waals surface area (Å²) in [5.74, 6) is 0. The summed E-state index contributed by atoms with van der Waals surface area (Å²) in [7, 11) is 0. The van der Waals surface area contributed by atoms with Gasteiger partial charge in [0.1, 0.15) is 6.10 Å². The molecule has 1 atom stereocenters. The second-order valence-electron chi connectivity index (χ2n) is 6.41. The normalized spacial score (nSPS) is 21.1. The van der Waals surface area contributed by atoms with Crippen molar-refractivity contribution in [1.82, 2.24) is 14.7 Å². The van der Waals surface area contributed by atoms with E-state index in [0.29, 0.717) is 6.04 Å². The first-order valence-electron chi connectivity index (χ1n) is 8.43. The molecule has 4 rings (SSSR count). The first kappa shape index (κ1) is 14.9. The number of hydrogen-bond acceptors (Lipinski definition) is 4. The predicted molar refractivity (Wildman–Crippen MR) is 87.0 cm³/mol. The molecule has 5 heteroatoms. The standard InChI is InChI=1S/C18H23N3O2/c22-18(14-4-2-1-3-5-14)17-12-16-13-20(8-9-21(16)19-17)15-6-10-23-11-7-15/h1-5,12,15,18,22H,6-11,13H2. The molecule has 1 aromatic heterocycles. The molecule has 5 nitrogen and oxygen atoms in total. The van der Waals surface area contributed by atoms with Crippen molar-refractivity contribution >= 4 is 0 Å². The van der Waals surface area contributed by atoms with Crippen molar-refractivity contribution in [2.75, 3.05) is 19.8 Å². The molecule has 1 fully saturated rings. The summed E-state index contributed by atoms with van der Waals surface area (Å²) in [6.07, 6.45) is 1.59. The molecule has 1 N–H and O–H groups in total. The van der Waals surface area contributed by atoms with Crippen LogP contribution >= 0.6 is 0 Å². The minimum atomic E-state index is -0.647. The number of nitrogens with zero attached hydrogens (tertiary/aromatic N) is 3. The van der Waals surface area contributed by atoms with Crippen LogP contribution in [0.25, 0.3) is 0 Å². The second-order valence-corrected chi connectivity index (χ2v) is 6.41. The molecule has 1 aromatic carbocycles. The van der Waals surface area contributed by atoms with Crippen LogP contribution in [0.2, 0.25) is 0 Å². The second kappa shape index (κ2) is 6.43. The van der Waals surface area contributed by atoms with Crippen LogP contribution in [0.3, 0.4) is 0 Å². The van der Waals surface area contributed by atoms with E-state index >= 15 is 0 Å². The topological polar surface area (TPSA) is 50.5 Å². The minimum absolute atomic E-state index is 0.620. The number of benzene rings is 1. The number of ether oxygens (including phenoxy) is 1. The summed E-state index contributed by atoms with van der Waals surface area (Å²) < 4.78 is 7.52. The van der Waals surface area contributed by atoms with Gasteiger partial charge in [0.05, 0.1) is 17.9 Å². The third kappa shape index (κ3) is 3.04. The highest BCUT2D eigenvalue weighted by Gasteiger charge is 2.27. The van der Waals surface area contributed by atoms with Gasteiger partial charge in [-0.25, -0.2) is 0 Å². The van der Waals surface area contributed by atoms with E-state index in [4.69, 9.17) is 4.74 Å². The van der Waals surface area contributed by atoms with Gasteiger partial charge >= 0.3 is 0 Å². The van der Waals surface area contributed by atoms with Crippen molar-refractivity contribution in [2.24, 2.45) is 0 Å². The van der Waals surface area contributed by atoms with Gasteiger partial charge in [-0.2, -0.15) is 5.10 Å². The first-order chi connectivity index (χ1) is 11.3. The molecule has 23 heavy (non-hydrogen) atoms. The number of fused-ring (bicyclic) bond motifs is 1. The number of aliphatic hydroxyl groups excluding tert-OH is 1. The SMILES string of the molecule is OC(c1ccccc1)c1cc2n(n1)CCN(C1CCOCC1)C2. The Morgan fingerprint density at radius 2 is 1.91 bits per heavy atom. The molecule has 2 aromatic rings. The predicted octanol–water partition coefficient (Wildman–Crippen LogP) is 1.96. The van der Waals surface area contributed by atoms with Gasteiger partial charge in [-0.3, -0.25) is 9.58 Å². The fraction of sp³-hybridized carbons (Fsp3) is 0.500. The third-order valence-electron chi connectivity index (χ3n) is 4.95. The fourth-order valence-corrected chi connectivity index (χ4v) is 3.61. The average Bonchev–Trinajstić information content (AvgIpc) is 3.06. The third-order valence-corrected chi connectivity index (χ3v) is 4.95. The van der Waals surface area contributed by atoms with Gasteiger partial charge in [-0.1, -0.05) is 30.3 Å². The maximum Gasteiger partial charge on any atom is 0.123 e. The molecule has 1 saturated heterocycles. The van der Waals surface area contributed by atoms with Crippen LogP contribution in [-0.4, -0.2) is 45.6 Å². The summed E-state index contributed by atoms with van der Waals surface area (Å²) in [5, 5.41) is 15.2. The zero-order valence-electron chi connectivity index (χ0n) is 13.3. The van der Waals surface area contributed by atoms with Gasteiger partial charge in [0, 0.05) is 32.3 Å². The summed E-state index contributed by atoms with van der Waals surface area (Å²) in [6.45, 7) is 4.59. The highest BCUT2D eigenvalue weighted by Crippen LogP contribution is 2.25. The van der Waals surface area contributed by atoms with E-state index in [-0.39, 0.29) is 0 Å². The Labute approximate surface area is 136 Å². The van der Waals surface area contributed by atoms with Crippen molar-refractivity contribution in [1.29, 1.82) is 0 Å². The van der Waals surface area contributed by atoms with Crippen molar-refractivity contribution in [3.8, 4) is 0 Å². The van der Waals surface area contributed by atoms with Crippen molar-refractivity contribution < 1.29 is 9.84 Å². The molecular weight excluding hydrogens is 290 g/mol. The minimum Gasteiger partial charge on any atom is -0.382 e. The molecule has 0 aliphatic carbocycles. The van der Waals surface area contributed by atoms with Crippen LogP contribution in [-0.2, 0) is 17.8 Å². The smallest absolute Gasteiger partial charge is 0.123 e. The van der Waals surface area contributed by atoms with E-state index in [9.17, 15) is 5.11 Å². The average molecular weight is 313 g/mol. The Balaban J connectivity index is 1.51. The number of aliphatic hydroxyl groups is 1. The van der Waals surface area contributed by atoms with E-state index in [1.807, 2.05) is 30.3 Å². The molecule has 0 radical (unpaired) electrons. The Hall–Kier alpha value is -1.69. The zero-order valence-corrected chi connectivity index (χ0v) is 13.3. The number of aromatic nitrogens is 2. The lowest BCUT2D eigenvalue weighted by molar-refractivity contribution is 0.0232. The van der Waals surface area contributed by atoms with Crippen molar-refractivity contribution in [3.05, 3.63) is 53.3 Å². The lowest BCUT2D eigenvalue weighted by Crippen LogP contribution is -2.43. The maximum atomic E-state index is 10.5. The monoisotopic (exact) mass is 313 g/mol. The summed E-state index contributed by atoms with van der Waals surface area (Å²) >= 11 is 0. The van der Waals surface area contributed by atoms with E-state index in [2.05, 4.69) is 20.7 Å². The summed E-state index contributed by atoms with van der Waals surface area (Å²) in [6, 6.07) is 12.4. The van der Waals surface area contributed by atoms with Crippen LogP contribution in [0.1, 0.15) is 35.9 Å². The quantitative estimate of drug-likeness (QED) is 0.941. The van der Waals surface area contributed by atoms with Gasteiger partial charge in [-0.15, -0.1) is 0 Å². The van der Waals surface area contributed by atoms with Crippen LogP contribution in [0.4, 0.5) is 0 Å². The number of hydrogen-bond donors (Lipinski definition) is 1. The molecule has 3 heterocycles. The molecule has 1 unspecified atom stereocenters. The van der Waals surface area contributed by atoms with E-state index < -0.39 is 6.10 Å². The Kier molecular flexibility index (Phi) is 4.16. The van der Waals surface area contributed by atoms with Gasteiger partial charge in [0.15, 0.2) is 0 Å². The van der Waals surface area contributed by atoms with Crippen LogP contribution in [0.15, 0.2) is 36.4 Å². The lowest BCUT2D eigenvalue weighted by atomic mass is 10.1. The largest absolute Gasteiger partial charge is 0.382 e. The Morgan fingerprint density at radius 1 is 1.13 bits per heavy atom. The fourth-order valence-electron chi connectivity index (χ4n) is 3.61. The van der Waals surface area contributed by atoms with Gasteiger partial charge < -0.3 is 9.84 Å². The summed E-state index contributed by atoms with van der Waals surface area (Å²) in [5.41, 5.74) is 2.84. The van der Waals surface area contributed by atoms with Crippen molar-refractivity contribution in [3.63, 3.8) is 0 Å². The van der Waals surface area contributed by atoms with Gasteiger partial charge in [0.25, 0.3) is 0 Å². The van der Waals surface area contributed by atoms with Crippen LogP contribution in [0, 0.1) is 0 Å². The van der Waals surface area contributed by atoms with E-state index in [1.54, 1.807) is 0 Å². The van der Waals surface area contributed by atoms with E-state index in [0.717, 1.165) is 56.9 Å². The molecule has 0 bridgehead atoms. The van der Waals surface area contributed by atoms with Crippen molar-refractivity contribution in [2.45, 2.75) is 38.1 Å². The highest BCUT2D eigenvalue weighted by molar-refractivity contribution is 5.26. The molecule has 2 aliphatic rings. The highest BCUT2D eigenvalue weighted by atomic mass is 16.5. The molecule has 0 amide bonds. The molecular formula is C18H23N3O2. The van der Waals surface area contributed by atoms with Crippen LogP contribution in [0.5, 0.6) is 0 Å². The van der Waals surface area contributed by atoms with Crippen LogP contribution < -0.4 is 0 Å². The Bertz CT molecular complexity index is 650. The van der Waals surface area contributed by atoms with Gasteiger partial charge in [-0.05, 0) is 24.5 Å². The lowest BCUT2D eigenvalue weighted by Gasteiger charge is -2.36. The maximum absolute atomic E-state index is 10.5. The molecule has 0 saturated carbocycles. The molecule has 0 spiro atoms.